The number of nitrogens with one attached hydrogen (secondary N) is 1. The Morgan fingerprint density at radius 1 is 0.900 bits per heavy atom. The lowest BCUT2D eigenvalue weighted by Crippen LogP contribution is -2.10. The molecule has 0 aromatic heterocycles. The molecule has 0 saturated carbocycles. The van der Waals surface area contributed by atoms with Gasteiger partial charge in [-0.2, -0.15) is 0 Å². The average molecular weight is 271 g/mol. The Hall–Kier alpha value is -1.76. The van der Waals surface area contributed by atoms with E-state index < -0.39 is 0 Å². The molecule has 0 aromatic rings. The van der Waals surface area contributed by atoms with Crippen molar-refractivity contribution in [3.63, 3.8) is 0 Å². The van der Waals surface area contributed by atoms with Crippen LogP contribution in [0.5, 0.6) is 0 Å². The monoisotopic (exact) mass is 271 g/mol. The Labute approximate surface area is 125 Å². The van der Waals surface area contributed by atoms with E-state index in [1.54, 1.807) is 0 Å². The molecule has 0 atom stereocenters. The van der Waals surface area contributed by atoms with Crippen molar-refractivity contribution in [1.29, 1.82) is 0 Å². The van der Waals surface area contributed by atoms with Gasteiger partial charge >= 0.3 is 0 Å². The Morgan fingerprint density at radius 2 is 1.45 bits per heavy atom. The molecule has 0 aliphatic heterocycles. The highest BCUT2D eigenvalue weighted by atomic mass is 14.8. The third-order valence-corrected chi connectivity index (χ3v) is 3.14. The normalized spacial score (nSPS) is 13.7. The van der Waals surface area contributed by atoms with E-state index in [0.717, 1.165) is 16.8 Å². The van der Waals surface area contributed by atoms with E-state index >= 15 is 0 Å². The van der Waals surface area contributed by atoms with Crippen LogP contribution in [-0.4, -0.2) is 7.05 Å². The molecule has 0 aliphatic rings. The zero-order valence-corrected chi connectivity index (χ0v) is 14.1. The number of rotatable bonds is 6. The lowest BCUT2D eigenvalue weighted by molar-refractivity contribution is 0.970. The van der Waals surface area contributed by atoms with Gasteiger partial charge in [-0.1, -0.05) is 42.5 Å². The average Bonchev–Trinajstić information content (AvgIpc) is 2.39. The number of hydrogen-bond acceptors (Lipinski definition) is 1. The van der Waals surface area contributed by atoms with E-state index in [1.165, 1.54) is 16.7 Å². The SMILES string of the molecule is C=C(C)\C(=C/C=C(C)/C(C)=C/C=C\C)C(NC)=C(C)C. The fourth-order valence-corrected chi connectivity index (χ4v) is 1.80. The first-order valence-corrected chi connectivity index (χ1v) is 7.05. The van der Waals surface area contributed by atoms with Crippen LogP contribution in [-0.2, 0) is 0 Å². The quantitative estimate of drug-likeness (QED) is 0.631. The van der Waals surface area contributed by atoms with Crippen molar-refractivity contribution in [1.82, 2.24) is 5.32 Å². The van der Waals surface area contributed by atoms with Crippen LogP contribution in [0.2, 0.25) is 0 Å². The minimum Gasteiger partial charge on any atom is -0.388 e. The maximum Gasteiger partial charge on any atom is 0.0399 e. The fourth-order valence-electron chi connectivity index (χ4n) is 1.80. The Kier molecular flexibility index (Phi) is 8.38. The summed E-state index contributed by atoms with van der Waals surface area (Å²) in [5.74, 6) is 0. The lowest BCUT2D eigenvalue weighted by atomic mass is 10.0. The molecule has 0 amide bonds. The second kappa shape index (κ2) is 9.19. The number of hydrogen-bond donors (Lipinski definition) is 1. The summed E-state index contributed by atoms with van der Waals surface area (Å²) in [7, 11) is 1.95. The van der Waals surface area contributed by atoms with E-state index in [0.29, 0.717) is 0 Å². The first-order valence-electron chi connectivity index (χ1n) is 7.05. The molecule has 0 unspecified atom stereocenters. The molecule has 110 valence electrons. The Bertz CT molecular complexity index is 490. The first kappa shape index (κ1) is 18.2. The van der Waals surface area contributed by atoms with Gasteiger partial charge in [0.05, 0.1) is 0 Å². The molecule has 0 bridgehead atoms. The molecule has 0 spiro atoms. The zero-order chi connectivity index (χ0) is 15.7. The van der Waals surface area contributed by atoms with Gasteiger partial charge in [-0.3, -0.25) is 0 Å². The van der Waals surface area contributed by atoms with Gasteiger partial charge < -0.3 is 5.32 Å². The standard InChI is InChI=1S/C19H29N/c1-9-10-11-16(6)17(7)12-13-18(14(2)3)19(20-8)15(4)5/h9-13,20H,2H2,1,3-8H3/b10-9-,16-11+,17-12+,18-13+. The molecule has 1 heteroatoms. The molecular formula is C19H29N. The number of likely N-dealkylation sites (N-methyl/N-ethyl adjacent to an activating group) is 1. The Balaban J connectivity index is 5.55. The van der Waals surface area contributed by atoms with Crippen molar-refractivity contribution in [3.05, 3.63) is 70.5 Å². The molecule has 1 N–H and O–H groups in total. The molecule has 0 aromatic carbocycles. The van der Waals surface area contributed by atoms with Gasteiger partial charge in [-0.25, -0.2) is 0 Å². The third kappa shape index (κ3) is 5.92. The van der Waals surface area contributed by atoms with E-state index in [4.69, 9.17) is 0 Å². The van der Waals surface area contributed by atoms with Gasteiger partial charge in [-0.05, 0) is 63.8 Å². The van der Waals surface area contributed by atoms with Crippen LogP contribution in [0.15, 0.2) is 70.5 Å². The van der Waals surface area contributed by atoms with Gasteiger partial charge in [0, 0.05) is 12.7 Å². The lowest BCUT2D eigenvalue weighted by Gasteiger charge is -2.14. The third-order valence-electron chi connectivity index (χ3n) is 3.14. The van der Waals surface area contributed by atoms with Gasteiger partial charge in [0.2, 0.25) is 0 Å². The van der Waals surface area contributed by atoms with Gasteiger partial charge in [-0.15, -0.1) is 0 Å². The van der Waals surface area contributed by atoms with Crippen molar-refractivity contribution in [3.8, 4) is 0 Å². The molecule has 0 heterocycles. The van der Waals surface area contributed by atoms with Gasteiger partial charge in [0.25, 0.3) is 0 Å². The molecule has 0 fully saturated rings. The molecule has 0 aliphatic carbocycles. The predicted molar refractivity (Wildman–Crippen MR) is 92.7 cm³/mol. The van der Waals surface area contributed by atoms with E-state index in [1.807, 2.05) is 27.0 Å². The Morgan fingerprint density at radius 3 is 1.85 bits per heavy atom. The second-order valence-electron chi connectivity index (χ2n) is 5.21. The van der Waals surface area contributed by atoms with E-state index in [-0.39, 0.29) is 0 Å². The van der Waals surface area contributed by atoms with Crippen molar-refractivity contribution in [2.24, 2.45) is 0 Å². The largest absolute Gasteiger partial charge is 0.388 e. The first-order chi connectivity index (χ1) is 9.34. The minimum atomic E-state index is 1.06. The minimum absolute atomic E-state index is 1.06. The van der Waals surface area contributed by atoms with E-state index in [2.05, 4.69) is 63.9 Å². The maximum absolute atomic E-state index is 4.08. The fraction of sp³-hybridized carbons (Fsp3) is 0.368. The summed E-state index contributed by atoms with van der Waals surface area (Å²) in [6, 6.07) is 0. The van der Waals surface area contributed by atoms with Crippen molar-refractivity contribution < 1.29 is 0 Å². The predicted octanol–water partition coefficient (Wildman–Crippen LogP) is 5.47. The van der Waals surface area contributed by atoms with E-state index in [9.17, 15) is 0 Å². The van der Waals surface area contributed by atoms with Crippen molar-refractivity contribution >= 4 is 0 Å². The smallest absolute Gasteiger partial charge is 0.0399 e. The van der Waals surface area contributed by atoms with Crippen LogP contribution in [0.1, 0.15) is 41.5 Å². The molecule has 0 rings (SSSR count). The molecule has 0 radical (unpaired) electrons. The summed E-state index contributed by atoms with van der Waals surface area (Å²) in [6.07, 6.45) is 10.5. The summed E-state index contributed by atoms with van der Waals surface area (Å²) >= 11 is 0. The highest BCUT2D eigenvalue weighted by molar-refractivity contribution is 5.48. The molecular weight excluding hydrogens is 242 g/mol. The van der Waals surface area contributed by atoms with Crippen LogP contribution < -0.4 is 5.32 Å². The second-order valence-corrected chi connectivity index (χ2v) is 5.21. The van der Waals surface area contributed by atoms with Crippen molar-refractivity contribution in [2.45, 2.75) is 41.5 Å². The number of allylic oxidation sites excluding steroid dienone is 9. The molecule has 20 heavy (non-hydrogen) atoms. The van der Waals surface area contributed by atoms with Crippen LogP contribution in [0.3, 0.4) is 0 Å². The maximum atomic E-state index is 4.08. The van der Waals surface area contributed by atoms with Crippen LogP contribution in [0.25, 0.3) is 0 Å². The topological polar surface area (TPSA) is 12.0 Å². The molecule has 0 saturated heterocycles. The van der Waals surface area contributed by atoms with Gasteiger partial charge in [0.1, 0.15) is 0 Å². The van der Waals surface area contributed by atoms with Crippen LogP contribution >= 0.6 is 0 Å². The molecule has 1 nitrogen and oxygen atoms in total. The summed E-state index contributed by atoms with van der Waals surface area (Å²) in [6.45, 7) is 16.6. The van der Waals surface area contributed by atoms with Gasteiger partial charge in [0.15, 0.2) is 0 Å². The van der Waals surface area contributed by atoms with Crippen LogP contribution in [0, 0.1) is 0 Å². The summed E-state index contributed by atoms with van der Waals surface area (Å²) < 4.78 is 0. The zero-order valence-electron chi connectivity index (χ0n) is 14.1. The summed E-state index contributed by atoms with van der Waals surface area (Å²) in [5.41, 5.74) is 7.15. The summed E-state index contributed by atoms with van der Waals surface area (Å²) in [5, 5.41) is 3.27. The highest BCUT2D eigenvalue weighted by Gasteiger charge is 2.05. The highest BCUT2D eigenvalue weighted by Crippen LogP contribution is 2.20. The van der Waals surface area contributed by atoms with Crippen LogP contribution in [0.4, 0.5) is 0 Å². The van der Waals surface area contributed by atoms with Crippen molar-refractivity contribution in [2.75, 3.05) is 7.05 Å². The summed E-state index contributed by atoms with van der Waals surface area (Å²) in [4.78, 5) is 0.